The third-order valence-electron chi connectivity index (χ3n) is 3.02. The second-order valence-corrected chi connectivity index (χ2v) is 3.83. The van der Waals surface area contributed by atoms with E-state index in [0.29, 0.717) is 12.0 Å². The molecule has 2 unspecified atom stereocenters. The largest absolute Gasteiger partial charge is 0.346 e. The summed E-state index contributed by atoms with van der Waals surface area (Å²) in [6, 6.07) is 0.498. The van der Waals surface area contributed by atoms with Gasteiger partial charge in [0.1, 0.15) is 0 Å². The van der Waals surface area contributed by atoms with Crippen LogP contribution in [0, 0.1) is 12.0 Å². The van der Waals surface area contributed by atoms with E-state index in [9.17, 15) is 0 Å². The molecule has 3 aliphatic rings. The van der Waals surface area contributed by atoms with E-state index in [4.69, 9.17) is 0 Å². The van der Waals surface area contributed by atoms with Gasteiger partial charge < -0.3 is 4.90 Å². The average molecular weight is 182 g/mol. The Hall–Kier alpha value is -1.50. The van der Waals surface area contributed by atoms with Crippen LogP contribution in [0.5, 0.6) is 0 Å². The van der Waals surface area contributed by atoms with Crippen molar-refractivity contribution in [3.05, 3.63) is 60.5 Å². The lowest BCUT2D eigenvalue weighted by molar-refractivity contribution is 0.319. The molecule has 0 N–H and O–H groups in total. The van der Waals surface area contributed by atoms with Gasteiger partial charge in [-0.05, 0) is 18.1 Å². The maximum atomic E-state index is 3.35. The Morgan fingerprint density at radius 3 is 3.29 bits per heavy atom. The molecule has 0 spiro atoms. The third kappa shape index (κ3) is 1.09. The Balaban J connectivity index is 2.01. The first-order chi connectivity index (χ1) is 6.95. The van der Waals surface area contributed by atoms with Crippen LogP contribution in [0.15, 0.2) is 54.4 Å². The van der Waals surface area contributed by atoms with Gasteiger partial charge in [0, 0.05) is 24.4 Å². The highest BCUT2D eigenvalue weighted by molar-refractivity contribution is 5.34. The molecule has 0 saturated heterocycles. The Bertz CT molecular complexity index is 382. The molecule has 3 rings (SSSR count). The molecule has 0 fully saturated rings. The first-order valence-electron chi connectivity index (χ1n) is 5.04. The molecule has 2 heterocycles. The van der Waals surface area contributed by atoms with Crippen molar-refractivity contribution in [1.29, 1.82) is 0 Å². The van der Waals surface area contributed by atoms with Gasteiger partial charge in [0.05, 0.1) is 6.04 Å². The number of fused-ring (bicyclic) bond motifs is 3. The molecule has 1 heteroatoms. The van der Waals surface area contributed by atoms with Crippen molar-refractivity contribution in [3.63, 3.8) is 0 Å². The van der Waals surface area contributed by atoms with Crippen molar-refractivity contribution >= 4 is 0 Å². The summed E-state index contributed by atoms with van der Waals surface area (Å²) in [5.41, 5.74) is 1.34. The zero-order valence-electron chi connectivity index (χ0n) is 7.93. The summed E-state index contributed by atoms with van der Waals surface area (Å²) in [6.45, 7) is 0. The summed E-state index contributed by atoms with van der Waals surface area (Å²) in [5, 5.41) is 0. The van der Waals surface area contributed by atoms with E-state index in [-0.39, 0.29) is 0 Å². The smallest absolute Gasteiger partial charge is 0.0585 e. The molecule has 0 aromatic rings. The summed E-state index contributed by atoms with van der Waals surface area (Å²) in [5.74, 6) is 0.589. The van der Waals surface area contributed by atoms with E-state index < -0.39 is 0 Å². The van der Waals surface area contributed by atoms with Gasteiger partial charge in [-0.15, -0.1) is 0 Å². The Morgan fingerprint density at radius 2 is 2.29 bits per heavy atom. The molecular weight excluding hydrogens is 170 g/mol. The Morgan fingerprint density at radius 1 is 1.29 bits per heavy atom. The molecule has 0 aromatic carbocycles. The molecule has 0 bridgehead atoms. The standard InChI is InChI=1S/C13H12N/c1-2-6-12-11(5-1)8-10-14-9-4-3-7-13(12)14/h1-5,7,9-10,12-13H,6H2. The second kappa shape index (κ2) is 3.02. The van der Waals surface area contributed by atoms with Gasteiger partial charge >= 0.3 is 0 Å². The van der Waals surface area contributed by atoms with Gasteiger partial charge in [0.15, 0.2) is 0 Å². The SMILES string of the molecule is [C]1=CN2C=CC=CC2C2CC=CC=C12. The van der Waals surface area contributed by atoms with Gasteiger partial charge in [-0.1, -0.05) is 30.4 Å². The number of rotatable bonds is 0. The maximum Gasteiger partial charge on any atom is 0.0585 e. The predicted octanol–water partition coefficient (Wildman–Crippen LogP) is 2.57. The first kappa shape index (κ1) is 7.86. The van der Waals surface area contributed by atoms with E-state index >= 15 is 0 Å². The van der Waals surface area contributed by atoms with Crippen molar-refractivity contribution in [2.45, 2.75) is 12.5 Å². The van der Waals surface area contributed by atoms with E-state index in [1.165, 1.54) is 5.57 Å². The predicted molar refractivity (Wildman–Crippen MR) is 57.1 cm³/mol. The molecule has 0 amide bonds. The van der Waals surface area contributed by atoms with Crippen LogP contribution in [-0.4, -0.2) is 10.9 Å². The van der Waals surface area contributed by atoms with Crippen molar-refractivity contribution < 1.29 is 0 Å². The summed E-state index contributed by atoms with van der Waals surface area (Å²) in [6.07, 6.45) is 21.7. The molecular formula is C13H12N. The molecule has 1 nitrogen and oxygen atoms in total. The molecule has 0 saturated carbocycles. The zero-order chi connectivity index (χ0) is 9.38. The lowest BCUT2D eigenvalue weighted by Gasteiger charge is -2.38. The summed E-state index contributed by atoms with van der Waals surface area (Å²) < 4.78 is 0. The van der Waals surface area contributed by atoms with Crippen LogP contribution in [0.2, 0.25) is 0 Å². The van der Waals surface area contributed by atoms with Crippen LogP contribution in [0.4, 0.5) is 0 Å². The number of nitrogens with zero attached hydrogens (tertiary/aromatic N) is 1. The van der Waals surface area contributed by atoms with Crippen LogP contribution < -0.4 is 0 Å². The zero-order valence-corrected chi connectivity index (χ0v) is 7.93. The fourth-order valence-electron chi connectivity index (χ4n) is 2.27. The van der Waals surface area contributed by atoms with E-state index in [1.54, 1.807) is 0 Å². The highest BCUT2D eigenvalue weighted by Gasteiger charge is 2.29. The normalized spacial score (nSPS) is 32.6. The first-order valence-corrected chi connectivity index (χ1v) is 5.04. The summed E-state index contributed by atoms with van der Waals surface area (Å²) >= 11 is 0. The summed E-state index contributed by atoms with van der Waals surface area (Å²) in [7, 11) is 0. The minimum atomic E-state index is 0.498. The second-order valence-electron chi connectivity index (χ2n) is 3.83. The molecule has 1 radical (unpaired) electrons. The maximum absolute atomic E-state index is 3.35. The fraction of sp³-hybridized carbons (Fsp3) is 0.231. The van der Waals surface area contributed by atoms with Crippen LogP contribution in [0.3, 0.4) is 0 Å². The highest BCUT2D eigenvalue weighted by atomic mass is 15.1. The van der Waals surface area contributed by atoms with E-state index in [0.717, 1.165) is 6.42 Å². The average Bonchev–Trinajstić information content (AvgIpc) is 2.29. The Labute approximate surface area is 84.4 Å². The molecule has 69 valence electrons. The van der Waals surface area contributed by atoms with Gasteiger partial charge in [0.25, 0.3) is 0 Å². The fourth-order valence-corrected chi connectivity index (χ4v) is 2.27. The minimum Gasteiger partial charge on any atom is -0.346 e. The van der Waals surface area contributed by atoms with Crippen LogP contribution >= 0.6 is 0 Å². The van der Waals surface area contributed by atoms with E-state index in [1.807, 2.05) is 6.20 Å². The van der Waals surface area contributed by atoms with Crippen molar-refractivity contribution in [3.8, 4) is 0 Å². The number of hydrogen-bond donors (Lipinski definition) is 0. The monoisotopic (exact) mass is 182 g/mol. The van der Waals surface area contributed by atoms with Crippen molar-refractivity contribution in [2.75, 3.05) is 0 Å². The van der Waals surface area contributed by atoms with Crippen LogP contribution in [-0.2, 0) is 0 Å². The van der Waals surface area contributed by atoms with Gasteiger partial charge in [0.2, 0.25) is 0 Å². The lowest BCUT2D eigenvalue weighted by Crippen LogP contribution is -2.37. The van der Waals surface area contributed by atoms with Crippen LogP contribution in [0.1, 0.15) is 6.42 Å². The minimum absolute atomic E-state index is 0.498. The van der Waals surface area contributed by atoms with Crippen molar-refractivity contribution in [1.82, 2.24) is 4.90 Å². The Kier molecular flexibility index (Phi) is 1.69. The van der Waals surface area contributed by atoms with Gasteiger partial charge in [-0.25, -0.2) is 0 Å². The molecule has 14 heavy (non-hydrogen) atoms. The van der Waals surface area contributed by atoms with Gasteiger partial charge in [-0.2, -0.15) is 0 Å². The highest BCUT2D eigenvalue weighted by Crippen LogP contribution is 2.33. The number of hydrogen-bond acceptors (Lipinski definition) is 1. The molecule has 2 atom stereocenters. The third-order valence-corrected chi connectivity index (χ3v) is 3.02. The molecule has 0 aromatic heterocycles. The van der Waals surface area contributed by atoms with Crippen molar-refractivity contribution in [2.24, 2.45) is 5.92 Å². The topological polar surface area (TPSA) is 3.24 Å². The molecule has 1 aliphatic carbocycles. The quantitative estimate of drug-likeness (QED) is 0.556. The number of allylic oxidation sites excluding steroid dienone is 6. The summed E-state index contributed by atoms with van der Waals surface area (Å²) in [4.78, 5) is 2.24. The van der Waals surface area contributed by atoms with Gasteiger partial charge in [-0.3, -0.25) is 0 Å². The lowest BCUT2D eigenvalue weighted by atomic mass is 9.82. The van der Waals surface area contributed by atoms with E-state index in [2.05, 4.69) is 53.6 Å². The molecule has 2 aliphatic heterocycles. The van der Waals surface area contributed by atoms with Crippen LogP contribution in [0.25, 0.3) is 0 Å².